The number of hydrogen-bond donors (Lipinski definition) is 3. The molecule has 4 N–H and O–H groups in total. The monoisotopic (exact) mass is 423 g/mol. The van der Waals surface area contributed by atoms with Crippen molar-refractivity contribution in [2.45, 2.75) is 81.7 Å². The molecule has 0 unspecified atom stereocenters. The summed E-state index contributed by atoms with van der Waals surface area (Å²) in [5, 5.41) is 13.8. The predicted molar refractivity (Wildman–Crippen MR) is 107 cm³/mol. The number of carbonyl (C=O) groups is 1. The molecule has 10 heteroatoms. The van der Waals surface area contributed by atoms with Gasteiger partial charge in [0.15, 0.2) is 12.1 Å². The lowest BCUT2D eigenvalue weighted by atomic mass is 9.97. The topological polar surface area (TPSA) is 114 Å². The number of nitrogens with one attached hydrogen (secondary N) is 1. The van der Waals surface area contributed by atoms with Gasteiger partial charge >= 0.3 is 6.17 Å². The third kappa shape index (κ3) is 4.48. The zero-order chi connectivity index (χ0) is 21.5. The van der Waals surface area contributed by atoms with Gasteiger partial charge in [0.05, 0.1) is 12.2 Å². The lowest BCUT2D eigenvalue weighted by molar-refractivity contribution is -0.216. The molecule has 0 saturated carbocycles. The lowest BCUT2D eigenvalue weighted by Gasteiger charge is -2.41. The van der Waals surface area contributed by atoms with E-state index in [1.807, 2.05) is 13.8 Å². The fourth-order valence-corrected chi connectivity index (χ4v) is 4.80. The number of amides is 1. The van der Waals surface area contributed by atoms with E-state index in [0.29, 0.717) is 25.9 Å². The maximum Gasteiger partial charge on any atom is 0.300 e. The Hall–Kier alpha value is -1.32. The summed E-state index contributed by atoms with van der Waals surface area (Å²) in [4.78, 5) is 19.9. The summed E-state index contributed by atoms with van der Waals surface area (Å²) in [5.74, 6) is -0.795. The standard InChI is InChI=1S/C20H33N5O5/c1-19(2)29-17-16(27)13(28-18(17)30-19)12-24-9-6-20(21,7-10-24)23-11-15(26)25-8-4-5-14(25)22-3/h13-14,16-18,23,27H,4-12,21H2,1-2H3/t13-,14+,16-,17-,18-/m1/s1. The van der Waals surface area contributed by atoms with Gasteiger partial charge in [-0.2, -0.15) is 0 Å². The van der Waals surface area contributed by atoms with Gasteiger partial charge in [0.1, 0.15) is 18.3 Å². The number of rotatable bonds is 5. The second-order valence-corrected chi connectivity index (χ2v) is 9.28. The minimum atomic E-state index is -0.738. The molecule has 30 heavy (non-hydrogen) atoms. The fraction of sp³-hybridized carbons (Fsp3) is 0.900. The van der Waals surface area contributed by atoms with Crippen molar-refractivity contribution in [3.8, 4) is 0 Å². The van der Waals surface area contributed by atoms with Crippen molar-refractivity contribution in [3.05, 3.63) is 11.4 Å². The average molecular weight is 424 g/mol. The predicted octanol–water partition coefficient (Wildman–Crippen LogP) is -0.568. The van der Waals surface area contributed by atoms with Gasteiger partial charge in [-0.3, -0.25) is 19.9 Å². The summed E-state index contributed by atoms with van der Waals surface area (Å²) in [6.45, 7) is 13.7. The Morgan fingerprint density at radius 3 is 2.70 bits per heavy atom. The van der Waals surface area contributed by atoms with Crippen LogP contribution in [0.25, 0.3) is 4.85 Å². The minimum absolute atomic E-state index is 0.0577. The van der Waals surface area contributed by atoms with Crippen LogP contribution in [0.1, 0.15) is 39.5 Å². The average Bonchev–Trinajstić information content (AvgIpc) is 3.37. The molecule has 0 bridgehead atoms. The van der Waals surface area contributed by atoms with Crippen LogP contribution in [0.4, 0.5) is 0 Å². The van der Waals surface area contributed by atoms with E-state index in [2.05, 4.69) is 15.1 Å². The number of nitrogens with zero attached hydrogens (tertiary/aromatic N) is 3. The van der Waals surface area contributed by atoms with E-state index in [-0.39, 0.29) is 24.7 Å². The van der Waals surface area contributed by atoms with Crippen LogP contribution in [-0.2, 0) is 19.0 Å². The van der Waals surface area contributed by atoms with Crippen molar-refractivity contribution in [1.82, 2.24) is 15.1 Å². The highest BCUT2D eigenvalue weighted by molar-refractivity contribution is 5.79. The van der Waals surface area contributed by atoms with E-state index in [9.17, 15) is 9.90 Å². The van der Waals surface area contributed by atoms with Gasteiger partial charge in [-0.05, 0) is 33.1 Å². The van der Waals surface area contributed by atoms with Crippen LogP contribution in [0, 0.1) is 6.57 Å². The Balaban J connectivity index is 1.21. The molecule has 0 aromatic heterocycles. The van der Waals surface area contributed by atoms with Crippen LogP contribution in [-0.4, -0.2) is 95.8 Å². The highest BCUT2D eigenvalue weighted by Gasteiger charge is 2.54. The number of ether oxygens (including phenoxy) is 3. The van der Waals surface area contributed by atoms with Crippen LogP contribution >= 0.6 is 0 Å². The molecule has 4 saturated heterocycles. The number of fused-ring (bicyclic) bond motifs is 1. The number of piperidine rings is 1. The molecular weight excluding hydrogens is 390 g/mol. The van der Waals surface area contributed by atoms with Crippen LogP contribution in [0.5, 0.6) is 0 Å². The van der Waals surface area contributed by atoms with Gasteiger partial charge in [0.25, 0.3) is 0 Å². The molecule has 0 radical (unpaired) electrons. The van der Waals surface area contributed by atoms with Crippen LogP contribution in [0.15, 0.2) is 0 Å². The highest BCUT2D eigenvalue weighted by Crippen LogP contribution is 2.37. The Kier molecular flexibility index (Phi) is 6.07. The summed E-state index contributed by atoms with van der Waals surface area (Å²) in [7, 11) is 0. The molecule has 0 spiro atoms. The van der Waals surface area contributed by atoms with E-state index in [4.69, 9.17) is 26.5 Å². The Labute approximate surface area is 177 Å². The molecule has 4 aliphatic rings. The van der Waals surface area contributed by atoms with Crippen molar-refractivity contribution in [2.75, 3.05) is 32.7 Å². The first-order chi connectivity index (χ1) is 14.2. The van der Waals surface area contributed by atoms with E-state index in [1.54, 1.807) is 4.90 Å². The molecular formula is C20H33N5O5. The molecule has 0 aliphatic carbocycles. The van der Waals surface area contributed by atoms with Gasteiger partial charge in [-0.25, -0.2) is 6.57 Å². The first kappa shape index (κ1) is 21.9. The number of nitrogens with two attached hydrogens (primary N) is 1. The molecule has 0 aromatic carbocycles. The van der Waals surface area contributed by atoms with Crippen LogP contribution in [0.2, 0.25) is 0 Å². The first-order valence-electron chi connectivity index (χ1n) is 10.8. The minimum Gasteiger partial charge on any atom is -0.387 e. The van der Waals surface area contributed by atoms with Crippen molar-refractivity contribution in [3.63, 3.8) is 0 Å². The summed E-state index contributed by atoms with van der Waals surface area (Å²) in [6, 6.07) is 0. The Morgan fingerprint density at radius 2 is 2.03 bits per heavy atom. The van der Waals surface area contributed by atoms with E-state index in [0.717, 1.165) is 25.9 Å². The van der Waals surface area contributed by atoms with E-state index in [1.165, 1.54) is 0 Å². The van der Waals surface area contributed by atoms with Crippen LogP contribution in [0.3, 0.4) is 0 Å². The van der Waals surface area contributed by atoms with Crippen molar-refractivity contribution in [1.29, 1.82) is 0 Å². The number of likely N-dealkylation sites (tertiary alicyclic amines) is 2. The van der Waals surface area contributed by atoms with Gasteiger partial charge < -0.3 is 30.0 Å². The summed E-state index contributed by atoms with van der Waals surface area (Å²) in [6.07, 6.45) is 0.589. The largest absolute Gasteiger partial charge is 0.387 e. The third-order valence-corrected chi connectivity index (χ3v) is 6.58. The molecule has 168 valence electrons. The quantitative estimate of drug-likeness (QED) is 0.398. The van der Waals surface area contributed by atoms with E-state index < -0.39 is 29.9 Å². The van der Waals surface area contributed by atoms with Gasteiger partial charge in [-0.15, -0.1) is 0 Å². The third-order valence-electron chi connectivity index (χ3n) is 6.58. The molecule has 4 rings (SSSR count). The normalized spacial score (nSPS) is 37.8. The molecule has 4 fully saturated rings. The number of aliphatic hydroxyl groups excluding tert-OH is 1. The lowest BCUT2D eigenvalue weighted by Crippen LogP contribution is -2.62. The zero-order valence-corrected chi connectivity index (χ0v) is 17.7. The van der Waals surface area contributed by atoms with Crippen molar-refractivity contribution in [2.24, 2.45) is 5.73 Å². The second-order valence-electron chi connectivity index (χ2n) is 9.28. The van der Waals surface area contributed by atoms with E-state index >= 15 is 0 Å². The molecule has 10 nitrogen and oxygen atoms in total. The summed E-state index contributed by atoms with van der Waals surface area (Å²) < 4.78 is 17.3. The molecule has 4 heterocycles. The molecule has 0 aromatic rings. The van der Waals surface area contributed by atoms with Crippen molar-refractivity contribution >= 4 is 5.91 Å². The molecule has 5 atom stereocenters. The van der Waals surface area contributed by atoms with Gasteiger partial charge in [0, 0.05) is 32.6 Å². The highest BCUT2D eigenvalue weighted by atomic mass is 16.8. The Morgan fingerprint density at radius 1 is 1.30 bits per heavy atom. The summed E-state index contributed by atoms with van der Waals surface area (Å²) >= 11 is 0. The number of hydrogen-bond acceptors (Lipinski definition) is 8. The maximum atomic E-state index is 12.5. The summed E-state index contributed by atoms with van der Waals surface area (Å²) in [5.41, 5.74) is 5.88. The van der Waals surface area contributed by atoms with Gasteiger partial charge in [0.2, 0.25) is 5.91 Å². The molecule has 1 amide bonds. The fourth-order valence-electron chi connectivity index (χ4n) is 4.80. The number of carbonyl (C=O) groups excluding carboxylic acids is 1. The van der Waals surface area contributed by atoms with Crippen LogP contribution < -0.4 is 11.1 Å². The molecule has 4 aliphatic heterocycles. The Bertz CT molecular complexity index is 690. The zero-order valence-electron chi connectivity index (χ0n) is 17.7. The maximum absolute atomic E-state index is 12.5. The first-order valence-corrected chi connectivity index (χ1v) is 10.8. The smallest absolute Gasteiger partial charge is 0.300 e. The van der Waals surface area contributed by atoms with Crippen molar-refractivity contribution < 1.29 is 24.1 Å². The van der Waals surface area contributed by atoms with Gasteiger partial charge in [-0.1, -0.05) is 0 Å². The SMILES string of the molecule is [C-]#[N+][C@@H]1CCCN1C(=O)CNC1(N)CCN(C[C@H]2O[C@@H]3OC(C)(C)O[C@@H]3[C@@H]2O)CC1. The second kappa shape index (κ2) is 8.31. The number of aliphatic hydroxyl groups is 1.